The second-order valence-electron chi connectivity index (χ2n) is 4.64. The first-order valence-corrected chi connectivity index (χ1v) is 6.05. The molecule has 1 heterocycles. The van der Waals surface area contributed by atoms with E-state index >= 15 is 0 Å². The van der Waals surface area contributed by atoms with Gasteiger partial charge in [0.2, 0.25) is 0 Å². The molecule has 1 aromatic heterocycles. The first kappa shape index (κ1) is 14.6. The Hall–Kier alpha value is -1.85. The zero-order valence-electron chi connectivity index (χ0n) is 10.9. The second-order valence-corrected chi connectivity index (χ2v) is 4.64. The zero-order valence-corrected chi connectivity index (χ0v) is 10.9. The molecule has 0 unspecified atom stereocenters. The van der Waals surface area contributed by atoms with E-state index in [0.29, 0.717) is 5.39 Å². The van der Waals surface area contributed by atoms with Crippen LogP contribution in [0.1, 0.15) is 19.6 Å². The van der Waals surface area contributed by atoms with Gasteiger partial charge in [0.15, 0.2) is 5.76 Å². The number of para-hydroxylation sites is 1. The molecule has 0 radical (unpaired) electrons. The van der Waals surface area contributed by atoms with E-state index in [1.165, 1.54) is 6.07 Å². The van der Waals surface area contributed by atoms with Gasteiger partial charge in [-0.2, -0.15) is 8.78 Å². The lowest BCUT2D eigenvalue weighted by Crippen LogP contribution is -2.25. The van der Waals surface area contributed by atoms with Crippen molar-refractivity contribution in [1.82, 2.24) is 0 Å². The number of alkyl halides is 4. The number of halogens is 4. The van der Waals surface area contributed by atoms with Crippen LogP contribution in [0.25, 0.3) is 11.0 Å². The molecule has 0 saturated heterocycles. The predicted molar refractivity (Wildman–Crippen MR) is 66.8 cm³/mol. The van der Waals surface area contributed by atoms with Gasteiger partial charge >= 0.3 is 12.3 Å². The molecule has 0 N–H and O–H groups in total. The Kier molecular flexibility index (Phi) is 3.83. The quantitative estimate of drug-likeness (QED) is 0.780. The fraction of sp³-hybridized carbons (Fsp3) is 0.357. The Morgan fingerprint density at radius 3 is 2.40 bits per heavy atom. The monoisotopic (exact) mass is 287 g/mol. The minimum absolute atomic E-state index is 0.102. The summed E-state index contributed by atoms with van der Waals surface area (Å²) >= 11 is 0. The van der Waals surface area contributed by atoms with Crippen molar-refractivity contribution < 1.29 is 22.0 Å². The first-order valence-electron chi connectivity index (χ1n) is 6.05. The average molecular weight is 287 g/mol. The maximum atomic E-state index is 13.4. The van der Waals surface area contributed by atoms with Crippen LogP contribution in [0.4, 0.5) is 17.6 Å². The van der Waals surface area contributed by atoms with E-state index in [2.05, 4.69) is 4.99 Å². The lowest BCUT2D eigenvalue weighted by Gasteiger charge is -2.15. The third-order valence-corrected chi connectivity index (χ3v) is 2.65. The van der Waals surface area contributed by atoms with Crippen LogP contribution in [-0.4, -0.2) is 12.5 Å². The summed E-state index contributed by atoms with van der Waals surface area (Å²) in [5.74, 6) is -5.42. The predicted octanol–water partition coefficient (Wildman–Crippen LogP) is 4.10. The maximum Gasteiger partial charge on any atom is 0.363 e. The minimum atomic E-state index is -4.34. The molecule has 2 aromatic rings. The fourth-order valence-corrected chi connectivity index (χ4v) is 1.77. The number of hydrogen-bond donors (Lipinski definition) is 0. The van der Waals surface area contributed by atoms with Gasteiger partial charge in [-0.3, -0.25) is 4.99 Å². The molecule has 0 aliphatic rings. The number of fused-ring (bicyclic) bond motifs is 1. The molecule has 0 saturated carbocycles. The summed E-state index contributed by atoms with van der Waals surface area (Å²) in [5.41, 5.74) is 0.102. The molecular formula is C14H13F4NO. The highest BCUT2D eigenvalue weighted by Crippen LogP contribution is 2.34. The SMILES string of the molecule is CC(C)N=c1cc(C(F)(F)C(F)F)oc2ccccc12. The van der Waals surface area contributed by atoms with E-state index < -0.39 is 18.1 Å². The first-order chi connectivity index (χ1) is 9.32. The molecule has 0 aliphatic carbocycles. The summed E-state index contributed by atoms with van der Waals surface area (Å²) in [6.45, 7) is 3.54. The number of rotatable bonds is 3. The Morgan fingerprint density at radius 1 is 1.15 bits per heavy atom. The smallest absolute Gasteiger partial charge is 0.363 e. The number of hydrogen-bond acceptors (Lipinski definition) is 2. The van der Waals surface area contributed by atoms with E-state index in [1.807, 2.05) is 0 Å². The van der Waals surface area contributed by atoms with Crippen LogP contribution in [0, 0.1) is 0 Å². The number of nitrogens with zero attached hydrogens (tertiary/aromatic N) is 1. The maximum absolute atomic E-state index is 13.4. The lowest BCUT2D eigenvalue weighted by molar-refractivity contribution is -0.147. The van der Waals surface area contributed by atoms with E-state index in [1.54, 1.807) is 32.0 Å². The Labute approximate surface area is 112 Å². The molecule has 0 amide bonds. The molecule has 0 bridgehead atoms. The van der Waals surface area contributed by atoms with Crippen LogP contribution in [0.3, 0.4) is 0 Å². The average Bonchev–Trinajstić information content (AvgIpc) is 2.37. The summed E-state index contributed by atoms with van der Waals surface area (Å²) in [7, 11) is 0. The molecule has 0 fully saturated rings. The lowest BCUT2D eigenvalue weighted by atomic mass is 10.1. The van der Waals surface area contributed by atoms with Crippen molar-refractivity contribution in [3.63, 3.8) is 0 Å². The van der Waals surface area contributed by atoms with Crippen molar-refractivity contribution in [2.75, 3.05) is 0 Å². The van der Waals surface area contributed by atoms with Gasteiger partial charge in [0, 0.05) is 17.5 Å². The summed E-state index contributed by atoms with van der Waals surface area (Å²) in [6.07, 6.45) is -3.83. The molecular weight excluding hydrogens is 274 g/mol. The second kappa shape index (κ2) is 5.26. The molecule has 20 heavy (non-hydrogen) atoms. The third-order valence-electron chi connectivity index (χ3n) is 2.65. The molecule has 0 aliphatic heterocycles. The van der Waals surface area contributed by atoms with E-state index in [9.17, 15) is 17.6 Å². The highest BCUT2D eigenvalue weighted by Gasteiger charge is 2.45. The highest BCUT2D eigenvalue weighted by molar-refractivity contribution is 5.76. The summed E-state index contributed by atoms with van der Waals surface area (Å²) in [6, 6.07) is 7.09. The molecule has 6 heteroatoms. The molecule has 1 aromatic carbocycles. The Morgan fingerprint density at radius 2 is 1.80 bits per heavy atom. The van der Waals surface area contributed by atoms with Crippen molar-refractivity contribution in [3.8, 4) is 0 Å². The minimum Gasteiger partial charge on any atom is -0.454 e. The number of benzene rings is 1. The van der Waals surface area contributed by atoms with Crippen molar-refractivity contribution >= 4 is 11.0 Å². The highest BCUT2D eigenvalue weighted by atomic mass is 19.3. The van der Waals surface area contributed by atoms with E-state index in [0.717, 1.165) is 6.07 Å². The topological polar surface area (TPSA) is 25.5 Å². The molecule has 2 rings (SSSR count). The van der Waals surface area contributed by atoms with E-state index in [-0.39, 0.29) is 17.0 Å². The third kappa shape index (κ3) is 2.69. The van der Waals surface area contributed by atoms with Crippen LogP contribution < -0.4 is 5.36 Å². The molecule has 0 atom stereocenters. The summed E-state index contributed by atoms with van der Waals surface area (Å²) in [4.78, 5) is 4.18. The molecule has 108 valence electrons. The molecule has 2 nitrogen and oxygen atoms in total. The van der Waals surface area contributed by atoms with E-state index in [4.69, 9.17) is 4.42 Å². The summed E-state index contributed by atoms with van der Waals surface area (Å²) < 4.78 is 56.7. The van der Waals surface area contributed by atoms with Gasteiger partial charge in [-0.1, -0.05) is 12.1 Å². The van der Waals surface area contributed by atoms with Crippen LogP contribution in [0.2, 0.25) is 0 Å². The molecule has 0 spiro atoms. The fourth-order valence-electron chi connectivity index (χ4n) is 1.77. The normalized spacial score (nSPS) is 13.7. The van der Waals surface area contributed by atoms with Gasteiger partial charge in [-0.25, -0.2) is 8.78 Å². The van der Waals surface area contributed by atoms with Gasteiger partial charge in [-0.05, 0) is 26.0 Å². The Balaban J connectivity index is 2.78. The largest absolute Gasteiger partial charge is 0.454 e. The Bertz CT molecular complexity index is 676. The van der Waals surface area contributed by atoms with Crippen molar-refractivity contribution in [3.05, 3.63) is 41.4 Å². The standard InChI is InChI=1S/C14H13F4NO/c1-8(2)19-10-7-12(14(17,18)13(15)16)20-11-6-4-3-5-9(10)11/h3-8,13H,1-2H3. The van der Waals surface area contributed by atoms with Crippen molar-refractivity contribution in [1.29, 1.82) is 0 Å². The van der Waals surface area contributed by atoms with Crippen molar-refractivity contribution in [2.24, 2.45) is 4.99 Å². The van der Waals surface area contributed by atoms with Gasteiger partial charge < -0.3 is 4.42 Å². The van der Waals surface area contributed by atoms with Gasteiger partial charge in [0.05, 0.1) is 5.36 Å². The zero-order chi connectivity index (χ0) is 14.9. The van der Waals surface area contributed by atoms with Gasteiger partial charge in [0.1, 0.15) is 5.58 Å². The summed E-state index contributed by atoms with van der Waals surface area (Å²) in [5, 5.41) is 0.729. The van der Waals surface area contributed by atoms with Crippen LogP contribution in [0.15, 0.2) is 39.7 Å². The van der Waals surface area contributed by atoms with Crippen LogP contribution >= 0.6 is 0 Å². The van der Waals surface area contributed by atoms with Gasteiger partial charge in [0.25, 0.3) is 0 Å². The van der Waals surface area contributed by atoms with Gasteiger partial charge in [-0.15, -0.1) is 0 Å². The van der Waals surface area contributed by atoms with Crippen LogP contribution in [-0.2, 0) is 5.92 Å². The van der Waals surface area contributed by atoms with Crippen LogP contribution in [0.5, 0.6) is 0 Å². The van der Waals surface area contributed by atoms with Crippen molar-refractivity contribution in [2.45, 2.75) is 32.2 Å².